The number of allylic oxidation sites excluding steroid dienone is 3. The third kappa shape index (κ3) is 7.79. The summed E-state index contributed by atoms with van der Waals surface area (Å²) in [6.45, 7) is 11.7. The molecule has 3 aliphatic rings. The second-order valence-electron chi connectivity index (χ2n) is 12.6. The molecule has 1 N–H and O–H groups in total. The number of benzene rings is 1. The maximum Gasteiger partial charge on any atom is 0.270 e. The van der Waals surface area contributed by atoms with Gasteiger partial charge in [-0.25, -0.2) is 4.99 Å². The van der Waals surface area contributed by atoms with Crippen molar-refractivity contribution < 1.29 is 9.21 Å². The minimum Gasteiger partial charge on any atom is -0.439 e. The maximum absolute atomic E-state index is 12.6. The molecule has 0 radical (unpaired) electrons. The Morgan fingerprint density at radius 2 is 1.83 bits per heavy atom. The van der Waals surface area contributed by atoms with Crippen LogP contribution in [0.1, 0.15) is 65.4 Å². The predicted molar refractivity (Wildman–Crippen MR) is 196 cm³/mol. The van der Waals surface area contributed by atoms with Crippen molar-refractivity contribution in [2.75, 3.05) is 45.2 Å². The Morgan fingerprint density at radius 3 is 2.45 bits per heavy atom. The molecule has 3 aromatic rings. The van der Waals surface area contributed by atoms with Gasteiger partial charge < -0.3 is 24.4 Å². The van der Waals surface area contributed by atoms with E-state index in [0.717, 1.165) is 85.8 Å². The zero-order valence-corrected chi connectivity index (χ0v) is 29.6. The van der Waals surface area contributed by atoms with Gasteiger partial charge in [-0.05, 0) is 57.2 Å². The number of anilines is 1. The first kappa shape index (κ1) is 34.4. The number of thiophene rings is 1. The number of likely N-dealkylation sites (N-methyl/N-ethyl adjacent to an activating group) is 1. The number of amides is 1. The monoisotopic (exact) mass is 655 g/mol. The molecule has 1 aromatic carbocycles. The van der Waals surface area contributed by atoms with E-state index in [-0.39, 0.29) is 11.3 Å². The zero-order chi connectivity index (χ0) is 33.5. The summed E-state index contributed by atoms with van der Waals surface area (Å²) in [5, 5.41) is 5.36. The number of aliphatic imine (C=N–C) groups is 1. The molecule has 2 aliphatic heterocycles. The zero-order valence-electron chi connectivity index (χ0n) is 28.8. The van der Waals surface area contributed by atoms with Crippen LogP contribution in [0.25, 0.3) is 21.4 Å². The number of hydrogen-bond donors (Lipinski definition) is 1. The van der Waals surface area contributed by atoms with E-state index in [1.807, 2.05) is 44.4 Å². The van der Waals surface area contributed by atoms with Crippen LogP contribution < -0.4 is 15.6 Å². The fourth-order valence-electron chi connectivity index (χ4n) is 6.33. The van der Waals surface area contributed by atoms with Crippen LogP contribution in [0.3, 0.4) is 0 Å². The molecule has 8 nitrogen and oxygen atoms in total. The Balaban J connectivity index is 0.000000186. The van der Waals surface area contributed by atoms with Crippen molar-refractivity contribution in [1.82, 2.24) is 15.1 Å². The highest BCUT2D eigenvalue weighted by molar-refractivity contribution is 7.17. The molecule has 1 saturated heterocycles. The molecule has 1 saturated carbocycles. The van der Waals surface area contributed by atoms with E-state index in [4.69, 9.17) is 9.41 Å². The first-order valence-corrected chi connectivity index (χ1v) is 17.8. The van der Waals surface area contributed by atoms with E-state index in [9.17, 15) is 9.59 Å². The summed E-state index contributed by atoms with van der Waals surface area (Å²) in [7, 11) is 3.61. The molecule has 4 heterocycles. The van der Waals surface area contributed by atoms with Gasteiger partial charge in [0.2, 0.25) is 5.43 Å². The quantitative estimate of drug-likeness (QED) is 0.286. The van der Waals surface area contributed by atoms with Crippen molar-refractivity contribution >= 4 is 39.2 Å². The summed E-state index contributed by atoms with van der Waals surface area (Å²) in [4.78, 5) is 35.9. The van der Waals surface area contributed by atoms with Gasteiger partial charge in [-0.15, -0.1) is 11.3 Å². The van der Waals surface area contributed by atoms with Crippen LogP contribution in [0.15, 0.2) is 85.1 Å². The summed E-state index contributed by atoms with van der Waals surface area (Å²) in [6, 6.07) is 10.6. The summed E-state index contributed by atoms with van der Waals surface area (Å²) < 4.78 is 6.89. The minimum absolute atomic E-state index is 0.0497. The van der Waals surface area contributed by atoms with Gasteiger partial charge in [0.15, 0.2) is 11.5 Å². The number of aryl methyl sites for hydroxylation is 1. The lowest BCUT2D eigenvalue weighted by Crippen LogP contribution is -2.43. The number of piperazine rings is 1. The number of amidine groups is 1. The van der Waals surface area contributed by atoms with E-state index >= 15 is 0 Å². The normalized spacial score (nSPS) is 19.0. The van der Waals surface area contributed by atoms with E-state index in [2.05, 4.69) is 46.3 Å². The molecule has 1 aliphatic carbocycles. The van der Waals surface area contributed by atoms with Crippen molar-refractivity contribution in [2.24, 2.45) is 4.99 Å². The van der Waals surface area contributed by atoms with Crippen molar-refractivity contribution in [3.8, 4) is 11.1 Å². The third-order valence-electron chi connectivity index (χ3n) is 9.03. The average Bonchev–Trinajstić information content (AvgIpc) is 3.85. The highest BCUT2D eigenvalue weighted by Gasteiger charge is 2.37. The number of nitrogens with zero attached hydrogens (tertiary/aromatic N) is 4. The van der Waals surface area contributed by atoms with Crippen LogP contribution in [0.4, 0.5) is 5.88 Å². The molecule has 6 rings (SSSR count). The number of carbonyl (C=O) groups is 1. The molecule has 47 heavy (non-hydrogen) atoms. The molecule has 0 spiro atoms. The van der Waals surface area contributed by atoms with Crippen LogP contribution in [-0.2, 0) is 11.2 Å². The van der Waals surface area contributed by atoms with Crippen molar-refractivity contribution in [2.45, 2.75) is 72.3 Å². The molecule has 250 valence electrons. The van der Waals surface area contributed by atoms with Crippen LogP contribution >= 0.6 is 11.3 Å². The molecule has 2 fully saturated rings. The standard InChI is InChI=1S/C20H22N2O2S.C18H27N3O/c1-2-3-14-4-6-15(7-5-14)16-13-25-20-17(23)12-18(24-19(16)20)22-10-8-21-9-11-22;1-6-13(3)19-17-14(7-2)12-16(18(22)20(4)5)21(17)15-10-8-9-11-15/h4-7,12-13,21H,2-3,8-11H2,1H3;6-7,12,15H,8-11H2,1-5H3/b;13-6-,14-7-,19-17+. The molecule has 2 aromatic heterocycles. The van der Waals surface area contributed by atoms with Crippen molar-refractivity contribution in [3.05, 3.63) is 86.7 Å². The van der Waals surface area contributed by atoms with E-state index < -0.39 is 0 Å². The Labute approximate surface area is 283 Å². The minimum atomic E-state index is 0.0497. The predicted octanol–water partition coefficient (Wildman–Crippen LogP) is 7.37. The topological polar surface area (TPSA) is 81.4 Å². The summed E-state index contributed by atoms with van der Waals surface area (Å²) in [6.07, 6.45) is 13.0. The lowest BCUT2D eigenvalue weighted by atomic mass is 10.0. The maximum atomic E-state index is 12.6. The molecule has 0 unspecified atom stereocenters. The van der Waals surface area contributed by atoms with E-state index in [1.54, 1.807) is 25.1 Å². The Morgan fingerprint density at radius 1 is 1.13 bits per heavy atom. The molecular formula is C38H49N5O3S. The highest BCUT2D eigenvalue weighted by Crippen LogP contribution is 2.36. The Kier molecular flexibility index (Phi) is 11.5. The van der Waals surface area contributed by atoms with Crippen molar-refractivity contribution in [1.29, 1.82) is 0 Å². The summed E-state index contributed by atoms with van der Waals surface area (Å²) in [5.41, 5.74) is 7.00. The summed E-state index contributed by atoms with van der Waals surface area (Å²) >= 11 is 1.47. The van der Waals surface area contributed by atoms with Gasteiger partial charge in [-0.1, -0.05) is 62.6 Å². The SMILES string of the molecule is CCCc1ccc(-c2csc3c(=O)cc(N4CCNCC4)oc23)cc1.C\C=C(C)/N=C1\C(=C/C)C=C(C(=O)N(C)C)N1C1CCCC1. The second-order valence-corrected chi connectivity index (χ2v) is 13.5. The lowest BCUT2D eigenvalue weighted by molar-refractivity contribution is -0.126. The highest BCUT2D eigenvalue weighted by atomic mass is 32.1. The number of nitrogens with one attached hydrogen (secondary N) is 1. The van der Waals surface area contributed by atoms with E-state index in [1.165, 1.54) is 29.7 Å². The molecule has 9 heteroatoms. The number of rotatable bonds is 7. The molecule has 0 atom stereocenters. The van der Waals surface area contributed by atoms with Crippen LogP contribution in [-0.4, -0.2) is 67.9 Å². The Bertz CT molecular complexity index is 1730. The average molecular weight is 656 g/mol. The van der Waals surface area contributed by atoms with Crippen molar-refractivity contribution in [3.63, 3.8) is 0 Å². The van der Waals surface area contributed by atoms with Gasteiger partial charge in [0.25, 0.3) is 5.91 Å². The number of carbonyl (C=O) groups excluding carboxylic acids is 1. The van der Waals surface area contributed by atoms with Gasteiger partial charge in [-0.2, -0.15) is 0 Å². The Hall–Kier alpha value is -3.95. The van der Waals surface area contributed by atoms with Gasteiger partial charge >= 0.3 is 0 Å². The number of hydrogen-bond acceptors (Lipinski definition) is 7. The second kappa shape index (κ2) is 15.8. The molecule has 1 amide bonds. The summed E-state index contributed by atoms with van der Waals surface area (Å²) in [5.74, 6) is 1.66. The third-order valence-corrected chi connectivity index (χ3v) is 10.0. The number of fused-ring (bicyclic) bond motifs is 1. The lowest BCUT2D eigenvalue weighted by Gasteiger charge is -2.30. The smallest absolute Gasteiger partial charge is 0.270 e. The van der Waals surface area contributed by atoms with Crippen LogP contribution in [0.2, 0.25) is 0 Å². The van der Waals surface area contributed by atoms with E-state index in [0.29, 0.717) is 22.2 Å². The molecular weight excluding hydrogens is 607 g/mol. The largest absolute Gasteiger partial charge is 0.439 e. The van der Waals surface area contributed by atoms with Crippen LogP contribution in [0, 0.1) is 0 Å². The molecule has 0 bridgehead atoms. The van der Waals surface area contributed by atoms with Gasteiger partial charge in [-0.3, -0.25) is 9.59 Å². The van der Waals surface area contributed by atoms with Gasteiger partial charge in [0.05, 0.1) is 0 Å². The fraction of sp³-hybridized carbons (Fsp3) is 0.447. The first-order valence-electron chi connectivity index (χ1n) is 17.0. The fourth-order valence-corrected chi connectivity index (χ4v) is 7.25. The van der Waals surface area contributed by atoms with Gasteiger partial charge in [0, 0.05) is 74.6 Å². The first-order chi connectivity index (χ1) is 22.7. The van der Waals surface area contributed by atoms with Crippen LogP contribution in [0.5, 0.6) is 0 Å². The van der Waals surface area contributed by atoms with Gasteiger partial charge in [0.1, 0.15) is 16.2 Å².